The van der Waals surface area contributed by atoms with E-state index >= 15 is 0 Å². The Morgan fingerprint density at radius 1 is 1.07 bits per heavy atom. The number of pyridine rings is 1. The van der Waals surface area contributed by atoms with Crippen LogP contribution >= 0.6 is 0 Å². The fourth-order valence-corrected chi connectivity index (χ4v) is 4.46. The largest absolute Gasteiger partial charge is 0.351 e. The van der Waals surface area contributed by atoms with Crippen molar-refractivity contribution >= 4 is 11.8 Å². The van der Waals surface area contributed by atoms with Crippen LogP contribution in [0.5, 0.6) is 0 Å². The van der Waals surface area contributed by atoms with Crippen molar-refractivity contribution in [2.45, 2.75) is 45.7 Å². The Hall–Kier alpha value is -2.73. The molecule has 4 rings (SSSR count). The molecular formula is C24H30N4O2. The minimum atomic E-state index is 0.0539. The van der Waals surface area contributed by atoms with Gasteiger partial charge in [0.2, 0.25) is 5.91 Å². The lowest BCUT2D eigenvalue weighted by molar-refractivity contribution is -0.122. The van der Waals surface area contributed by atoms with Gasteiger partial charge < -0.3 is 10.2 Å². The van der Waals surface area contributed by atoms with Crippen LogP contribution in [0.2, 0.25) is 0 Å². The predicted molar refractivity (Wildman–Crippen MR) is 116 cm³/mol. The highest BCUT2D eigenvalue weighted by molar-refractivity contribution is 5.94. The number of hydrogen-bond donors (Lipinski definition) is 1. The van der Waals surface area contributed by atoms with Crippen molar-refractivity contribution in [2.75, 3.05) is 26.2 Å². The Morgan fingerprint density at radius 3 is 2.60 bits per heavy atom. The SMILES string of the molecule is Cc1ncc2c(c1CNC(=O)CN1CCCCC1)CCN(C(=O)c1ccccc1)C2. The molecule has 2 aliphatic rings. The third kappa shape index (κ3) is 4.70. The Balaban J connectivity index is 1.41. The number of piperidine rings is 1. The molecule has 0 radical (unpaired) electrons. The highest BCUT2D eigenvalue weighted by Crippen LogP contribution is 2.25. The fourth-order valence-electron chi connectivity index (χ4n) is 4.46. The number of fused-ring (bicyclic) bond motifs is 1. The van der Waals surface area contributed by atoms with Crippen LogP contribution in [-0.2, 0) is 24.3 Å². The Kier molecular flexibility index (Phi) is 6.43. The highest BCUT2D eigenvalue weighted by Gasteiger charge is 2.25. The quantitative estimate of drug-likeness (QED) is 0.829. The van der Waals surface area contributed by atoms with Gasteiger partial charge in [-0.2, -0.15) is 0 Å². The number of carbonyl (C=O) groups excluding carboxylic acids is 2. The molecule has 0 saturated carbocycles. The van der Waals surface area contributed by atoms with E-state index < -0.39 is 0 Å². The van der Waals surface area contributed by atoms with Crippen LogP contribution in [0.25, 0.3) is 0 Å². The van der Waals surface area contributed by atoms with E-state index in [1.807, 2.05) is 48.4 Å². The number of aromatic nitrogens is 1. The molecule has 0 unspecified atom stereocenters. The summed E-state index contributed by atoms with van der Waals surface area (Å²) in [5, 5.41) is 3.10. The van der Waals surface area contributed by atoms with Gasteiger partial charge in [0.05, 0.1) is 6.54 Å². The topological polar surface area (TPSA) is 65.5 Å². The van der Waals surface area contributed by atoms with E-state index in [9.17, 15) is 9.59 Å². The van der Waals surface area contributed by atoms with Crippen LogP contribution in [0.3, 0.4) is 0 Å². The molecule has 0 spiro atoms. The lowest BCUT2D eigenvalue weighted by Crippen LogP contribution is -2.40. The summed E-state index contributed by atoms with van der Waals surface area (Å²) in [7, 11) is 0. The smallest absolute Gasteiger partial charge is 0.254 e. The first-order valence-corrected chi connectivity index (χ1v) is 10.9. The Bertz CT molecular complexity index is 907. The summed E-state index contributed by atoms with van der Waals surface area (Å²) >= 11 is 0. The third-order valence-electron chi connectivity index (χ3n) is 6.18. The van der Waals surface area contributed by atoms with Gasteiger partial charge in [-0.15, -0.1) is 0 Å². The predicted octanol–water partition coefficient (Wildman–Crippen LogP) is 2.69. The first-order chi connectivity index (χ1) is 14.6. The van der Waals surface area contributed by atoms with Gasteiger partial charge in [0.25, 0.3) is 5.91 Å². The van der Waals surface area contributed by atoms with Crippen LogP contribution in [0.1, 0.15) is 52.0 Å². The standard InChI is InChI=1S/C24H30N4O2/c1-18-22(15-26-23(29)17-27-11-6-3-7-12-27)21-10-13-28(16-20(21)14-25-18)24(30)19-8-4-2-5-9-19/h2,4-5,8-9,14H,3,6-7,10-13,15-17H2,1H3,(H,26,29). The van der Waals surface area contributed by atoms with Crippen molar-refractivity contribution in [2.24, 2.45) is 0 Å². The zero-order valence-electron chi connectivity index (χ0n) is 17.7. The number of aryl methyl sites for hydroxylation is 1. The van der Waals surface area contributed by atoms with E-state index in [0.29, 0.717) is 31.7 Å². The van der Waals surface area contributed by atoms with E-state index in [2.05, 4.69) is 15.2 Å². The van der Waals surface area contributed by atoms with Gasteiger partial charge in [-0.05, 0) is 68.1 Å². The van der Waals surface area contributed by atoms with Crippen LogP contribution in [-0.4, -0.2) is 52.8 Å². The van der Waals surface area contributed by atoms with E-state index in [1.54, 1.807) is 0 Å². The van der Waals surface area contributed by atoms with E-state index in [-0.39, 0.29) is 11.8 Å². The number of nitrogens with zero attached hydrogens (tertiary/aromatic N) is 3. The molecule has 2 amide bonds. The fraction of sp³-hybridized carbons (Fsp3) is 0.458. The maximum absolute atomic E-state index is 12.8. The van der Waals surface area contributed by atoms with Gasteiger partial charge in [0.1, 0.15) is 0 Å². The maximum Gasteiger partial charge on any atom is 0.254 e. The molecule has 1 saturated heterocycles. The molecule has 1 aromatic carbocycles. The number of rotatable bonds is 5. The molecule has 158 valence electrons. The molecule has 1 fully saturated rings. The van der Waals surface area contributed by atoms with Crippen molar-refractivity contribution in [3.05, 3.63) is 64.5 Å². The molecule has 0 bridgehead atoms. The summed E-state index contributed by atoms with van der Waals surface area (Å²) in [6.45, 7) is 6.24. The number of benzene rings is 1. The Morgan fingerprint density at radius 2 is 1.83 bits per heavy atom. The molecule has 30 heavy (non-hydrogen) atoms. The van der Waals surface area contributed by atoms with Gasteiger partial charge in [0, 0.05) is 37.1 Å². The lowest BCUT2D eigenvalue weighted by atomic mass is 9.94. The highest BCUT2D eigenvalue weighted by atomic mass is 16.2. The van der Waals surface area contributed by atoms with Crippen LogP contribution < -0.4 is 5.32 Å². The second kappa shape index (κ2) is 9.39. The number of likely N-dealkylation sites (tertiary alicyclic amines) is 1. The molecule has 1 aromatic heterocycles. The van der Waals surface area contributed by atoms with Gasteiger partial charge >= 0.3 is 0 Å². The number of nitrogens with one attached hydrogen (secondary N) is 1. The molecule has 3 heterocycles. The first kappa shape index (κ1) is 20.5. The molecular weight excluding hydrogens is 376 g/mol. The van der Waals surface area contributed by atoms with Crippen molar-refractivity contribution in [1.82, 2.24) is 20.1 Å². The summed E-state index contributed by atoms with van der Waals surface area (Å²) < 4.78 is 0. The zero-order chi connectivity index (χ0) is 20.9. The second-order valence-electron chi connectivity index (χ2n) is 8.28. The molecule has 0 aliphatic carbocycles. The maximum atomic E-state index is 12.8. The summed E-state index contributed by atoms with van der Waals surface area (Å²) in [4.78, 5) is 33.9. The average molecular weight is 407 g/mol. The minimum Gasteiger partial charge on any atom is -0.351 e. The molecule has 0 atom stereocenters. The molecule has 1 N–H and O–H groups in total. The summed E-state index contributed by atoms with van der Waals surface area (Å²) in [6.07, 6.45) is 6.30. The van der Waals surface area contributed by atoms with E-state index in [1.165, 1.54) is 24.8 Å². The van der Waals surface area contributed by atoms with Crippen LogP contribution in [0, 0.1) is 6.92 Å². The number of carbonyl (C=O) groups is 2. The number of hydrogen-bond acceptors (Lipinski definition) is 4. The third-order valence-corrected chi connectivity index (χ3v) is 6.18. The lowest BCUT2D eigenvalue weighted by Gasteiger charge is -2.31. The van der Waals surface area contributed by atoms with E-state index in [0.717, 1.165) is 36.3 Å². The van der Waals surface area contributed by atoms with Gasteiger partial charge in [-0.3, -0.25) is 19.5 Å². The first-order valence-electron chi connectivity index (χ1n) is 10.9. The van der Waals surface area contributed by atoms with Crippen molar-refractivity contribution in [3.63, 3.8) is 0 Å². The molecule has 6 nitrogen and oxygen atoms in total. The van der Waals surface area contributed by atoms with Crippen LogP contribution in [0.15, 0.2) is 36.5 Å². The van der Waals surface area contributed by atoms with Gasteiger partial charge in [0.15, 0.2) is 0 Å². The van der Waals surface area contributed by atoms with Crippen molar-refractivity contribution < 1.29 is 9.59 Å². The summed E-state index contributed by atoms with van der Waals surface area (Å²) in [6, 6.07) is 9.41. The zero-order valence-corrected chi connectivity index (χ0v) is 17.7. The van der Waals surface area contributed by atoms with Gasteiger partial charge in [-0.1, -0.05) is 24.6 Å². The van der Waals surface area contributed by atoms with E-state index in [4.69, 9.17) is 0 Å². The summed E-state index contributed by atoms with van der Waals surface area (Å²) in [5.74, 6) is 0.129. The normalized spacial score (nSPS) is 16.8. The monoisotopic (exact) mass is 406 g/mol. The van der Waals surface area contributed by atoms with Crippen molar-refractivity contribution in [3.8, 4) is 0 Å². The number of amides is 2. The van der Waals surface area contributed by atoms with Crippen molar-refractivity contribution in [1.29, 1.82) is 0 Å². The average Bonchev–Trinajstić information content (AvgIpc) is 2.79. The molecule has 2 aliphatic heterocycles. The van der Waals surface area contributed by atoms with Crippen LogP contribution in [0.4, 0.5) is 0 Å². The molecule has 6 heteroatoms. The Labute approximate surface area is 178 Å². The second-order valence-corrected chi connectivity index (χ2v) is 8.28. The van der Waals surface area contributed by atoms with Gasteiger partial charge in [-0.25, -0.2) is 0 Å². The summed E-state index contributed by atoms with van der Waals surface area (Å²) in [5.41, 5.74) is 5.08. The molecule has 2 aromatic rings. The minimum absolute atomic E-state index is 0.0539.